The van der Waals surface area contributed by atoms with Crippen LogP contribution in [-0.4, -0.2) is 43.0 Å². The van der Waals surface area contributed by atoms with Crippen molar-refractivity contribution in [1.29, 1.82) is 0 Å². The van der Waals surface area contributed by atoms with Gasteiger partial charge in [-0.2, -0.15) is 0 Å². The van der Waals surface area contributed by atoms with E-state index in [1.54, 1.807) is 24.3 Å². The fourth-order valence-electron chi connectivity index (χ4n) is 1.54. The predicted octanol–water partition coefficient (Wildman–Crippen LogP) is 2.02. The Kier molecular flexibility index (Phi) is 8.32. The predicted molar refractivity (Wildman–Crippen MR) is 84.3 cm³/mol. The van der Waals surface area contributed by atoms with E-state index in [1.807, 2.05) is 20.8 Å². The molecule has 5 nitrogen and oxygen atoms in total. The molecule has 0 amide bonds. The number of nitrogens with one attached hydrogen (secondary N) is 1. The number of hydrogen-bond donors (Lipinski definition) is 2. The smallest absolute Gasteiger partial charge is 0.341 e. The Balaban J connectivity index is 0.00000400. The Bertz CT molecular complexity index is 446. The van der Waals surface area contributed by atoms with Gasteiger partial charge in [0.05, 0.1) is 7.11 Å². The van der Waals surface area contributed by atoms with Gasteiger partial charge < -0.3 is 19.9 Å². The van der Waals surface area contributed by atoms with Crippen molar-refractivity contribution in [3.05, 3.63) is 29.8 Å². The Morgan fingerprint density at radius 1 is 1.33 bits per heavy atom. The highest BCUT2D eigenvalue weighted by molar-refractivity contribution is 5.92. The van der Waals surface area contributed by atoms with Gasteiger partial charge in [0.2, 0.25) is 0 Å². The number of carbonyl (C=O) groups excluding carboxylic acids is 1. The molecule has 0 aromatic heterocycles. The van der Waals surface area contributed by atoms with Crippen LogP contribution in [0.3, 0.4) is 0 Å². The molecule has 0 heterocycles. The molecule has 0 radical (unpaired) electrons. The van der Waals surface area contributed by atoms with Gasteiger partial charge in [-0.15, -0.1) is 12.4 Å². The molecule has 0 aliphatic heterocycles. The Hall–Kier alpha value is -1.30. The summed E-state index contributed by atoms with van der Waals surface area (Å²) < 4.78 is 10.2. The molecule has 0 spiro atoms. The third-order valence-electron chi connectivity index (χ3n) is 2.59. The number of hydrogen-bond acceptors (Lipinski definition) is 5. The lowest BCUT2D eigenvalue weighted by molar-refractivity contribution is 0.0588. The van der Waals surface area contributed by atoms with E-state index >= 15 is 0 Å². The summed E-state index contributed by atoms with van der Waals surface area (Å²) in [5.74, 6) is -0.0444. The van der Waals surface area contributed by atoms with E-state index in [2.05, 4.69) is 10.1 Å². The molecule has 6 heteroatoms. The first-order chi connectivity index (χ1) is 9.33. The fraction of sp³-hybridized carbons (Fsp3) is 0.533. The molecule has 0 aliphatic rings. The number of aliphatic hydroxyl groups is 1. The second-order valence-electron chi connectivity index (χ2n) is 5.58. The molecule has 1 aromatic rings. The molecule has 0 bridgehead atoms. The van der Waals surface area contributed by atoms with E-state index in [1.165, 1.54) is 7.11 Å². The van der Waals surface area contributed by atoms with Crippen molar-refractivity contribution in [3.63, 3.8) is 0 Å². The van der Waals surface area contributed by atoms with Gasteiger partial charge in [-0.05, 0) is 32.9 Å². The third kappa shape index (κ3) is 7.32. The molecule has 0 fully saturated rings. The lowest BCUT2D eigenvalue weighted by Gasteiger charge is -2.23. The molecule has 120 valence electrons. The molecule has 0 aliphatic carbocycles. The first-order valence-corrected chi connectivity index (χ1v) is 6.56. The minimum Gasteiger partial charge on any atom is -0.490 e. The van der Waals surface area contributed by atoms with Crippen LogP contribution in [0.25, 0.3) is 0 Å². The Labute approximate surface area is 132 Å². The number of rotatable bonds is 6. The number of carbonyl (C=O) groups is 1. The molecular weight excluding hydrogens is 294 g/mol. The van der Waals surface area contributed by atoms with Gasteiger partial charge >= 0.3 is 5.97 Å². The van der Waals surface area contributed by atoms with Crippen LogP contribution in [-0.2, 0) is 4.74 Å². The van der Waals surface area contributed by atoms with Crippen LogP contribution in [0.15, 0.2) is 24.3 Å². The number of ether oxygens (including phenoxy) is 2. The Morgan fingerprint density at radius 2 is 1.95 bits per heavy atom. The third-order valence-corrected chi connectivity index (χ3v) is 2.59. The largest absolute Gasteiger partial charge is 0.490 e. The Morgan fingerprint density at radius 3 is 2.52 bits per heavy atom. The van der Waals surface area contributed by atoms with E-state index in [9.17, 15) is 9.90 Å². The highest BCUT2D eigenvalue weighted by Crippen LogP contribution is 2.18. The van der Waals surface area contributed by atoms with Crippen LogP contribution in [0.4, 0.5) is 0 Å². The molecule has 1 atom stereocenters. The van der Waals surface area contributed by atoms with Crippen molar-refractivity contribution in [3.8, 4) is 5.75 Å². The fourth-order valence-corrected chi connectivity index (χ4v) is 1.54. The number of halogens is 1. The number of esters is 1. The molecule has 1 rings (SSSR count). The maximum absolute atomic E-state index is 11.6. The molecule has 1 unspecified atom stereocenters. The van der Waals surface area contributed by atoms with Gasteiger partial charge in [-0.3, -0.25) is 0 Å². The summed E-state index contributed by atoms with van der Waals surface area (Å²) in [5.41, 5.74) is 0.288. The highest BCUT2D eigenvalue weighted by Gasteiger charge is 2.15. The maximum atomic E-state index is 11.6. The summed E-state index contributed by atoms with van der Waals surface area (Å²) in [5, 5.41) is 13.0. The van der Waals surface area contributed by atoms with E-state index < -0.39 is 12.1 Å². The summed E-state index contributed by atoms with van der Waals surface area (Å²) in [6, 6.07) is 6.80. The summed E-state index contributed by atoms with van der Waals surface area (Å²) in [7, 11) is 1.32. The number of benzene rings is 1. The van der Waals surface area contributed by atoms with Crippen molar-refractivity contribution in [2.24, 2.45) is 0 Å². The summed E-state index contributed by atoms with van der Waals surface area (Å²) in [6.45, 7) is 6.59. The van der Waals surface area contributed by atoms with Crippen molar-refractivity contribution >= 4 is 18.4 Å². The van der Waals surface area contributed by atoms with Gasteiger partial charge in [-0.25, -0.2) is 4.79 Å². The van der Waals surface area contributed by atoms with Gasteiger partial charge in [-0.1, -0.05) is 12.1 Å². The molecule has 2 N–H and O–H groups in total. The highest BCUT2D eigenvalue weighted by atomic mass is 35.5. The minimum atomic E-state index is -0.653. The molecule has 1 aromatic carbocycles. The SMILES string of the molecule is COC(=O)c1ccccc1OCC(O)CNC(C)(C)C.Cl. The van der Waals surface area contributed by atoms with Crippen LogP contribution < -0.4 is 10.1 Å². The normalized spacial score (nSPS) is 12.2. The molecule has 0 saturated carbocycles. The van der Waals surface area contributed by atoms with E-state index in [4.69, 9.17) is 4.74 Å². The van der Waals surface area contributed by atoms with Crippen molar-refractivity contribution in [2.75, 3.05) is 20.3 Å². The number of aliphatic hydroxyl groups excluding tert-OH is 1. The monoisotopic (exact) mass is 317 g/mol. The maximum Gasteiger partial charge on any atom is 0.341 e. The second kappa shape index (κ2) is 8.87. The van der Waals surface area contributed by atoms with Gasteiger partial charge in [0.15, 0.2) is 0 Å². The lowest BCUT2D eigenvalue weighted by Crippen LogP contribution is -2.42. The lowest BCUT2D eigenvalue weighted by atomic mass is 10.1. The molecule has 21 heavy (non-hydrogen) atoms. The van der Waals surface area contributed by atoms with Crippen LogP contribution in [0.1, 0.15) is 31.1 Å². The first kappa shape index (κ1) is 19.7. The van der Waals surface area contributed by atoms with Gasteiger partial charge in [0, 0.05) is 12.1 Å². The molecule has 0 saturated heterocycles. The summed E-state index contributed by atoms with van der Waals surface area (Å²) in [6.07, 6.45) is -0.653. The van der Waals surface area contributed by atoms with Crippen molar-refractivity contribution in [2.45, 2.75) is 32.4 Å². The van der Waals surface area contributed by atoms with Crippen molar-refractivity contribution < 1.29 is 19.4 Å². The molecular formula is C15H24ClNO4. The zero-order chi connectivity index (χ0) is 15.2. The number of methoxy groups -OCH3 is 1. The zero-order valence-corrected chi connectivity index (χ0v) is 13.7. The average molecular weight is 318 g/mol. The quantitative estimate of drug-likeness (QED) is 0.786. The van der Waals surface area contributed by atoms with E-state index in [0.29, 0.717) is 17.9 Å². The van der Waals surface area contributed by atoms with Crippen LogP contribution >= 0.6 is 12.4 Å². The van der Waals surface area contributed by atoms with Gasteiger partial charge in [0.1, 0.15) is 24.0 Å². The minimum absolute atomic E-state index is 0. The summed E-state index contributed by atoms with van der Waals surface area (Å²) >= 11 is 0. The number of β-amino-alcohol motifs (C(OH)–C–C–N with tert-alkyl or cyclic N) is 1. The average Bonchev–Trinajstić information content (AvgIpc) is 2.41. The zero-order valence-electron chi connectivity index (χ0n) is 12.9. The van der Waals surface area contributed by atoms with Crippen LogP contribution in [0.2, 0.25) is 0 Å². The van der Waals surface area contributed by atoms with Crippen LogP contribution in [0.5, 0.6) is 5.75 Å². The first-order valence-electron chi connectivity index (χ1n) is 6.56. The number of para-hydroxylation sites is 1. The van der Waals surface area contributed by atoms with Crippen LogP contribution in [0, 0.1) is 0 Å². The topological polar surface area (TPSA) is 67.8 Å². The second-order valence-corrected chi connectivity index (χ2v) is 5.58. The standard InChI is InChI=1S/C15H23NO4.ClH/c1-15(2,3)16-9-11(17)10-20-13-8-6-5-7-12(13)14(18)19-4;/h5-8,11,16-17H,9-10H2,1-4H3;1H. The van der Waals surface area contributed by atoms with Crippen molar-refractivity contribution in [1.82, 2.24) is 5.32 Å². The van der Waals surface area contributed by atoms with E-state index in [-0.39, 0.29) is 24.6 Å². The van der Waals surface area contributed by atoms with E-state index in [0.717, 1.165) is 0 Å². The summed E-state index contributed by atoms with van der Waals surface area (Å²) in [4.78, 5) is 11.6. The van der Waals surface area contributed by atoms with Gasteiger partial charge in [0.25, 0.3) is 0 Å².